The van der Waals surface area contributed by atoms with Gasteiger partial charge in [0.15, 0.2) is 0 Å². The van der Waals surface area contributed by atoms with Gasteiger partial charge in [-0.1, -0.05) is 36.4 Å². The molecule has 0 fully saturated rings. The summed E-state index contributed by atoms with van der Waals surface area (Å²) in [5, 5.41) is 3.23. The first-order chi connectivity index (χ1) is 9.20. The number of halogens is 1. The van der Waals surface area contributed by atoms with Crippen LogP contribution in [0.5, 0.6) is 5.75 Å². The van der Waals surface area contributed by atoms with Crippen molar-refractivity contribution in [2.75, 3.05) is 7.05 Å². The van der Waals surface area contributed by atoms with Crippen LogP contribution < -0.4 is 10.1 Å². The highest BCUT2D eigenvalue weighted by molar-refractivity contribution is 5.24. The molecule has 0 aliphatic rings. The molecule has 2 atom stereocenters. The van der Waals surface area contributed by atoms with E-state index in [1.54, 1.807) is 12.1 Å². The van der Waals surface area contributed by atoms with Gasteiger partial charge in [0, 0.05) is 6.07 Å². The summed E-state index contributed by atoms with van der Waals surface area (Å²) in [6, 6.07) is 16.3. The van der Waals surface area contributed by atoms with E-state index in [2.05, 4.69) is 5.32 Å². The molecule has 0 bridgehead atoms. The fraction of sp³-hybridized carbons (Fsp3) is 0.250. The van der Waals surface area contributed by atoms with Crippen molar-refractivity contribution in [1.29, 1.82) is 0 Å². The van der Waals surface area contributed by atoms with Gasteiger partial charge in [0.1, 0.15) is 17.7 Å². The van der Waals surface area contributed by atoms with Gasteiger partial charge in [0.05, 0.1) is 6.04 Å². The van der Waals surface area contributed by atoms with Gasteiger partial charge >= 0.3 is 0 Å². The molecular weight excluding hydrogens is 241 g/mol. The van der Waals surface area contributed by atoms with Crippen molar-refractivity contribution in [1.82, 2.24) is 5.32 Å². The average molecular weight is 259 g/mol. The van der Waals surface area contributed by atoms with Crippen molar-refractivity contribution >= 4 is 0 Å². The van der Waals surface area contributed by atoms with Gasteiger partial charge in [0.2, 0.25) is 0 Å². The largest absolute Gasteiger partial charge is 0.489 e. The summed E-state index contributed by atoms with van der Waals surface area (Å²) >= 11 is 0. The molecule has 2 rings (SSSR count). The SMILES string of the molecule is CNC(c1ccccc1)C(C)Oc1cccc(F)c1. The zero-order valence-electron chi connectivity index (χ0n) is 11.1. The van der Waals surface area contributed by atoms with E-state index in [0.717, 1.165) is 5.56 Å². The second-order valence-corrected chi connectivity index (χ2v) is 4.46. The Balaban J connectivity index is 2.11. The summed E-state index contributed by atoms with van der Waals surface area (Å²) in [6.45, 7) is 1.97. The maximum atomic E-state index is 13.1. The fourth-order valence-electron chi connectivity index (χ4n) is 2.16. The van der Waals surface area contributed by atoms with Crippen LogP contribution in [0.25, 0.3) is 0 Å². The number of rotatable bonds is 5. The maximum Gasteiger partial charge on any atom is 0.126 e. The molecule has 3 heteroatoms. The Kier molecular flexibility index (Phi) is 4.53. The number of nitrogens with one attached hydrogen (secondary N) is 1. The van der Waals surface area contributed by atoms with Crippen molar-refractivity contribution < 1.29 is 9.13 Å². The third-order valence-electron chi connectivity index (χ3n) is 3.06. The van der Waals surface area contributed by atoms with E-state index in [-0.39, 0.29) is 18.0 Å². The van der Waals surface area contributed by atoms with Crippen LogP contribution in [0.4, 0.5) is 4.39 Å². The molecule has 0 saturated carbocycles. The van der Waals surface area contributed by atoms with Crippen LogP contribution in [0, 0.1) is 5.82 Å². The van der Waals surface area contributed by atoms with Crippen molar-refractivity contribution in [3.8, 4) is 5.75 Å². The molecule has 2 aromatic carbocycles. The van der Waals surface area contributed by atoms with Crippen LogP contribution in [0.1, 0.15) is 18.5 Å². The average Bonchev–Trinajstić information content (AvgIpc) is 2.41. The van der Waals surface area contributed by atoms with Crippen LogP contribution in [0.15, 0.2) is 54.6 Å². The highest BCUT2D eigenvalue weighted by Crippen LogP contribution is 2.22. The topological polar surface area (TPSA) is 21.3 Å². The third kappa shape index (κ3) is 3.55. The quantitative estimate of drug-likeness (QED) is 0.886. The molecule has 0 amide bonds. The molecule has 0 saturated heterocycles. The minimum atomic E-state index is -0.287. The normalized spacial score (nSPS) is 13.8. The second kappa shape index (κ2) is 6.34. The lowest BCUT2D eigenvalue weighted by Crippen LogP contribution is -2.31. The fourth-order valence-corrected chi connectivity index (χ4v) is 2.16. The number of hydrogen-bond acceptors (Lipinski definition) is 2. The first kappa shape index (κ1) is 13.6. The standard InChI is InChI=1S/C16H18FNO/c1-12(19-15-10-6-9-14(17)11-15)16(18-2)13-7-4-3-5-8-13/h3-12,16,18H,1-2H3. The zero-order valence-corrected chi connectivity index (χ0v) is 11.1. The lowest BCUT2D eigenvalue weighted by molar-refractivity contribution is 0.175. The van der Waals surface area contributed by atoms with Crippen LogP contribution in [-0.2, 0) is 0 Å². The number of benzene rings is 2. The summed E-state index contributed by atoms with van der Waals surface area (Å²) in [7, 11) is 1.89. The van der Waals surface area contributed by atoms with Gasteiger partial charge in [-0.3, -0.25) is 0 Å². The summed E-state index contributed by atoms with van der Waals surface area (Å²) in [5.74, 6) is 0.258. The molecular formula is C16H18FNO. The Bertz CT molecular complexity index is 515. The molecule has 0 spiro atoms. The first-order valence-corrected chi connectivity index (χ1v) is 6.35. The molecule has 100 valence electrons. The summed E-state index contributed by atoms with van der Waals surface area (Å²) < 4.78 is 18.9. The molecule has 0 aliphatic carbocycles. The van der Waals surface area contributed by atoms with Crippen molar-refractivity contribution in [3.05, 3.63) is 66.0 Å². The van der Waals surface area contributed by atoms with Gasteiger partial charge < -0.3 is 10.1 Å². The number of ether oxygens (including phenoxy) is 1. The minimum absolute atomic E-state index is 0.0597. The van der Waals surface area contributed by atoms with Crippen molar-refractivity contribution in [2.24, 2.45) is 0 Å². The molecule has 0 aromatic heterocycles. The smallest absolute Gasteiger partial charge is 0.126 e. The minimum Gasteiger partial charge on any atom is -0.489 e. The van der Waals surface area contributed by atoms with E-state index in [0.29, 0.717) is 5.75 Å². The molecule has 2 aromatic rings. The van der Waals surface area contributed by atoms with E-state index >= 15 is 0 Å². The van der Waals surface area contributed by atoms with Crippen LogP contribution in [0.2, 0.25) is 0 Å². The van der Waals surface area contributed by atoms with Crippen molar-refractivity contribution in [3.63, 3.8) is 0 Å². The Morgan fingerprint density at radius 1 is 1.05 bits per heavy atom. The van der Waals surface area contributed by atoms with E-state index in [1.165, 1.54) is 12.1 Å². The molecule has 0 aliphatic heterocycles. The lowest BCUT2D eigenvalue weighted by Gasteiger charge is -2.25. The zero-order chi connectivity index (χ0) is 13.7. The first-order valence-electron chi connectivity index (χ1n) is 6.35. The Morgan fingerprint density at radius 2 is 1.79 bits per heavy atom. The van der Waals surface area contributed by atoms with E-state index in [9.17, 15) is 4.39 Å². The van der Waals surface area contributed by atoms with Crippen LogP contribution >= 0.6 is 0 Å². The number of hydrogen-bond donors (Lipinski definition) is 1. The highest BCUT2D eigenvalue weighted by Gasteiger charge is 2.18. The molecule has 2 nitrogen and oxygen atoms in total. The molecule has 0 radical (unpaired) electrons. The Hall–Kier alpha value is -1.87. The Morgan fingerprint density at radius 3 is 2.42 bits per heavy atom. The van der Waals surface area contributed by atoms with Gasteiger partial charge in [-0.25, -0.2) is 4.39 Å². The second-order valence-electron chi connectivity index (χ2n) is 4.46. The third-order valence-corrected chi connectivity index (χ3v) is 3.06. The monoisotopic (exact) mass is 259 g/mol. The van der Waals surface area contributed by atoms with Crippen LogP contribution in [0.3, 0.4) is 0 Å². The Labute approximate surface area is 113 Å². The molecule has 1 N–H and O–H groups in total. The van der Waals surface area contributed by atoms with Crippen molar-refractivity contribution in [2.45, 2.75) is 19.1 Å². The molecule has 19 heavy (non-hydrogen) atoms. The molecule has 0 heterocycles. The van der Waals surface area contributed by atoms with Gasteiger partial charge in [0.25, 0.3) is 0 Å². The maximum absolute atomic E-state index is 13.1. The summed E-state index contributed by atoms with van der Waals surface area (Å²) in [4.78, 5) is 0. The van der Waals surface area contributed by atoms with Gasteiger partial charge in [-0.15, -0.1) is 0 Å². The highest BCUT2D eigenvalue weighted by atomic mass is 19.1. The van der Waals surface area contributed by atoms with Gasteiger partial charge in [-0.2, -0.15) is 0 Å². The molecule has 2 unspecified atom stereocenters. The number of likely N-dealkylation sites (N-methyl/N-ethyl adjacent to an activating group) is 1. The van der Waals surface area contributed by atoms with E-state index < -0.39 is 0 Å². The van der Waals surface area contributed by atoms with E-state index in [1.807, 2.05) is 44.3 Å². The predicted molar refractivity (Wildman–Crippen MR) is 74.7 cm³/mol. The summed E-state index contributed by atoms with van der Waals surface area (Å²) in [6.07, 6.45) is -0.103. The predicted octanol–water partition coefficient (Wildman–Crippen LogP) is 3.55. The summed E-state index contributed by atoms with van der Waals surface area (Å²) in [5.41, 5.74) is 1.15. The van der Waals surface area contributed by atoms with E-state index in [4.69, 9.17) is 4.74 Å². The van der Waals surface area contributed by atoms with Crippen LogP contribution in [-0.4, -0.2) is 13.2 Å². The van der Waals surface area contributed by atoms with Gasteiger partial charge in [-0.05, 0) is 31.7 Å². The lowest BCUT2D eigenvalue weighted by atomic mass is 10.0.